The van der Waals surface area contributed by atoms with E-state index in [4.69, 9.17) is 0 Å². The van der Waals surface area contributed by atoms with Gasteiger partial charge in [-0.05, 0) is 41.8 Å². The molecule has 4 nitrogen and oxygen atoms in total. The van der Waals surface area contributed by atoms with Crippen molar-refractivity contribution in [2.24, 2.45) is 0 Å². The van der Waals surface area contributed by atoms with Crippen molar-refractivity contribution in [2.45, 2.75) is 18.2 Å². The molecule has 1 fully saturated rings. The monoisotopic (exact) mass is 438 g/mol. The number of nitrogens with zero attached hydrogens (tertiary/aromatic N) is 1. The standard InChI is InChI=1S/C24H20F2N2O2S/c1-15(18-9-12-20(21(26)13-18)16-5-3-2-4-6-16)23(30)27-28-22(29)14-31-24(28)17-7-10-19(25)11-8-17/h2-13,15,24H,14H2,1H3,(H,27,30). The second-order valence-electron chi connectivity index (χ2n) is 7.28. The molecule has 0 saturated carbocycles. The van der Waals surface area contributed by atoms with Crippen LogP contribution in [0.1, 0.15) is 29.3 Å². The molecule has 0 radical (unpaired) electrons. The Labute approximate surface area is 183 Å². The van der Waals surface area contributed by atoms with Crippen LogP contribution in [0.5, 0.6) is 0 Å². The zero-order chi connectivity index (χ0) is 22.0. The van der Waals surface area contributed by atoms with E-state index < -0.39 is 23.0 Å². The van der Waals surface area contributed by atoms with Crippen molar-refractivity contribution in [3.63, 3.8) is 0 Å². The Morgan fingerprint density at radius 3 is 2.45 bits per heavy atom. The summed E-state index contributed by atoms with van der Waals surface area (Å²) in [6.07, 6.45) is 0. The number of rotatable bonds is 5. The molecule has 1 saturated heterocycles. The number of hydrogen-bond acceptors (Lipinski definition) is 3. The van der Waals surface area contributed by atoms with Gasteiger partial charge in [0.05, 0.1) is 11.7 Å². The van der Waals surface area contributed by atoms with Crippen LogP contribution in [0, 0.1) is 11.6 Å². The fourth-order valence-corrected chi connectivity index (χ4v) is 4.55. The van der Waals surface area contributed by atoms with E-state index in [1.54, 1.807) is 31.2 Å². The van der Waals surface area contributed by atoms with Gasteiger partial charge in [-0.25, -0.2) is 13.8 Å². The van der Waals surface area contributed by atoms with Crippen LogP contribution in [0.3, 0.4) is 0 Å². The van der Waals surface area contributed by atoms with Gasteiger partial charge in [-0.1, -0.05) is 54.6 Å². The summed E-state index contributed by atoms with van der Waals surface area (Å²) < 4.78 is 27.9. The summed E-state index contributed by atoms with van der Waals surface area (Å²) in [7, 11) is 0. The number of hydrazine groups is 1. The number of amides is 2. The average molecular weight is 438 g/mol. The van der Waals surface area contributed by atoms with Crippen molar-refractivity contribution >= 4 is 23.6 Å². The molecule has 2 amide bonds. The Kier molecular flexibility index (Phi) is 6.04. The molecule has 0 spiro atoms. The molecule has 31 heavy (non-hydrogen) atoms. The van der Waals surface area contributed by atoms with Crippen LogP contribution in [0.2, 0.25) is 0 Å². The average Bonchev–Trinajstić information content (AvgIpc) is 3.14. The highest BCUT2D eigenvalue weighted by Crippen LogP contribution is 2.37. The van der Waals surface area contributed by atoms with Crippen LogP contribution in [0.4, 0.5) is 8.78 Å². The van der Waals surface area contributed by atoms with E-state index in [1.807, 2.05) is 30.3 Å². The third-order valence-electron chi connectivity index (χ3n) is 5.22. The maximum atomic E-state index is 14.7. The fraction of sp³-hybridized carbons (Fsp3) is 0.167. The van der Waals surface area contributed by atoms with Crippen molar-refractivity contribution in [3.05, 3.63) is 95.6 Å². The highest BCUT2D eigenvalue weighted by molar-refractivity contribution is 8.00. The summed E-state index contributed by atoms with van der Waals surface area (Å²) in [6.45, 7) is 1.66. The Balaban J connectivity index is 1.50. The first kappa shape index (κ1) is 21.1. The fourth-order valence-electron chi connectivity index (χ4n) is 3.44. The van der Waals surface area contributed by atoms with Crippen LogP contribution in [-0.4, -0.2) is 22.6 Å². The van der Waals surface area contributed by atoms with Crippen LogP contribution >= 0.6 is 11.8 Å². The van der Waals surface area contributed by atoms with Crippen molar-refractivity contribution in [1.29, 1.82) is 0 Å². The number of halogens is 2. The van der Waals surface area contributed by atoms with Crippen LogP contribution < -0.4 is 5.43 Å². The van der Waals surface area contributed by atoms with Gasteiger partial charge in [0.2, 0.25) is 5.91 Å². The molecule has 0 aromatic heterocycles. The molecule has 1 aliphatic rings. The molecule has 1 aliphatic heterocycles. The molecule has 1 heterocycles. The van der Waals surface area contributed by atoms with Gasteiger partial charge in [0.1, 0.15) is 17.0 Å². The van der Waals surface area contributed by atoms with Gasteiger partial charge in [-0.3, -0.25) is 15.0 Å². The van der Waals surface area contributed by atoms with Gasteiger partial charge >= 0.3 is 0 Å². The molecule has 3 aromatic rings. The van der Waals surface area contributed by atoms with Gasteiger partial charge in [0.15, 0.2) is 0 Å². The maximum absolute atomic E-state index is 14.7. The Morgan fingerprint density at radius 1 is 1.06 bits per heavy atom. The second-order valence-corrected chi connectivity index (χ2v) is 8.35. The predicted octanol–water partition coefficient (Wildman–Crippen LogP) is 5.04. The summed E-state index contributed by atoms with van der Waals surface area (Å²) >= 11 is 1.35. The molecule has 0 aliphatic carbocycles. The molecule has 0 bridgehead atoms. The number of thioether (sulfide) groups is 1. The van der Waals surface area contributed by atoms with Crippen molar-refractivity contribution < 1.29 is 18.4 Å². The summed E-state index contributed by atoms with van der Waals surface area (Å²) in [4.78, 5) is 25.2. The molecule has 2 unspecified atom stereocenters. The van der Waals surface area contributed by atoms with Crippen molar-refractivity contribution in [3.8, 4) is 11.1 Å². The SMILES string of the molecule is CC(C(=O)NN1C(=O)CSC1c1ccc(F)cc1)c1ccc(-c2ccccc2)c(F)c1. The highest BCUT2D eigenvalue weighted by Gasteiger charge is 2.35. The number of carbonyl (C=O) groups excluding carboxylic acids is 2. The minimum absolute atomic E-state index is 0.205. The lowest BCUT2D eigenvalue weighted by Gasteiger charge is -2.26. The lowest BCUT2D eigenvalue weighted by molar-refractivity contribution is -0.140. The zero-order valence-corrected chi connectivity index (χ0v) is 17.5. The molecule has 4 rings (SSSR count). The first-order valence-electron chi connectivity index (χ1n) is 9.78. The largest absolute Gasteiger partial charge is 0.273 e. The van der Waals surface area contributed by atoms with Crippen LogP contribution in [0.15, 0.2) is 72.8 Å². The quantitative estimate of drug-likeness (QED) is 0.607. The molecular formula is C24H20F2N2O2S. The smallest absolute Gasteiger partial charge is 0.252 e. The van der Waals surface area contributed by atoms with E-state index in [1.165, 1.54) is 35.0 Å². The first-order valence-corrected chi connectivity index (χ1v) is 10.8. The Bertz CT molecular complexity index is 1110. The number of hydrogen-bond donors (Lipinski definition) is 1. The molecule has 1 N–H and O–H groups in total. The zero-order valence-electron chi connectivity index (χ0n) is 16.7. The highest BCUT2D eigenvalue weighted by atomic mass is 32.2. The van der Waals surface area contributed by atoms with Crippen LogP contribution in [-0.2, 0) is 9.59 Å². The van der Waals surface area contributed by atoms with Gasteiger partial charge in [0.25, 0.3) is 5.91 Å². The lowest BCUT2D eigenvalue weighted by Crippen LogP contribution is -2.46. The van der Waals surface area contributed by atoms with Crippen LogP contribution in [0.25, 0.3) is 11.1 Å². The van der Waals surface area contributed by atoms with Gasteiger partial charge in [0, 0.05) is 5.56 Å². The first-order chi connectivity index (χ1) is 14.9. The van der Waals surface area contributed by atoms with E-state index in [0.29, 0.717) is 16.7 Å². The van der Waals surface area contributed by atoms with Gasteiger partial charge < -0.3 is 0 Å². The van der Waals surface area contributed by atoms with E-state index in [2.05, 4.69) is 5.43 Å². The minimum Gasteiger partial charge on any atom is -0.273 e. The third-order valence-corrected chi connectivity index (χ3v) is 6.44. The molecule has 158 valence electrons. The molecule has 2 atom stereocenters. The second kappa shape index (κ2) is 8.89. The summed E-state index contributed by atoms with van der Waals surface area (Å²) in [5.74, 6) is -1.92. The summed E-state index contributed by atoms with van der Waals surface area (Å²) in [5, 5.41) is 0.826. The minimum atomic E-state index is -0.674. The maximum Gasteiger partial charge on any atom is 0.252 e. The third kappa shape index (κ3) is 4.46. The predicted molar refractivity (Wildman–Crippen MR) is 117 cm³/mol. The number of benzene rings is 3. The van der Waals surface area contributed by atoms with E-state index in [9.17, 15) is 18.4 Å². The topological polar surface area (TPSA) is 49.4 Å². The van der Waals surface area contributed by atoms with E-state index in [0.717, 1.165) is 5.56 Å². The molecular weight excluding hydrogens is 418 g/mol. The molecule has 3 aromatic carbocycles. The van der Waals surface area contributed by atoms with Crippen molar-refractivity contribution in [1.82, 2.24) is 10.4 Å². The van der Waals surface area contributed by atoms with E-state index >= 15 is 0 Å². The molecule has 7 heteroatoms. The van der Waals surface area contributed by atoms with Gasteiger partial charge in [-0.15, -0.1) is 11.8 Å². The van der Waals surface area contributed by atoms with E-state index in [-0.39, 0.29) is 17.5 Å². The van der Waals surface area contributed by atoms with Gasteiger partial charge in [-0.2, -0.15) is 0 Å². The Morgan fingerprint density at radius 2 is 1.77 bits per heavy atom. The number of nitrogens with one attached hydrogen (secondary N) is 1. The normalized spacial score (nSPS) is 16.9. The summed E-state index contributed by atoms with van der Waals surface area (Å²) in [6, 6.07) is 19.7. The number of carbonyl (C=O) groups is 2. The summed E-state index contributed by atoms with van der Waals surface area (Å²) in [5.41, 5.74) is 5.09. The van der Waals surface area contributed by atoms with Crippen molar-refractivity contribution in [2.75, 3.05) is 5.75 Å². The lowest BCUT2D eigenvalue weighted by atomic mass is 9.96. The Hall–Kier alpha value is -3.19.